The topological polar surface area (TPSA) is 0 Å². The van der Waals surface area contributed by atoms with Gasteiger partial charge in [0.2, 0.25) is 0 Å². The Labute approximate surface area is 113 Å². The largest absolute Gasteiger partial charge is 1.00 e. The molecule has 0 fully saturated rings. The molecule has 0 N–H and O–H groups in total. The smallest absolute Gasteiger partial charge is 0.0675 e. The van der Waals surface area contributed by atoms with Crippen molar-refractivity contribution in [1.82, 2.24) is 0 Å². The Bertz CT molecular complexity index is 97.6. The standard InChI is InChI=1S/3C4H12N.3FH/c3*1-5(2,3)4;;;/h3*1-4H3;3*1H/q3*+1;;;/p-3. The Hall–Kier alpha value is -0.330. The fourth-order valence-electron chi connectivity index (χ4n) is 0. The summed E-state index contributed by atoms with van der Waals surface area (Å²) in [7, 11) is 25.5. The van der Waals surface area contributed by atoms with Crippen molar-refractivity contribution in [2.24, 2.45) is 0 Å². The quantitative estimate of drug-likeness (QED) is 0.387. The first-order valence-electron chi connectivity index (χ1n) is 5.37. The predicted molar refractivity (Wildman–Crippen MR) is 71.9 cm³/mol. The highest BCUT2D eigenvalue weighted by Crippen LogP contribution is 1.74. The van der Waals surface area contributed by atoms with Crippen molar-refractivity contribution in [2.75, 3.05) is 84.6 Å². The SMILES string of the molecule is C[N+](C)(C)C.C[N+](C)(C)C.C[N+](C)(C)C.[F-].[F-].[F-]. The average molecular weight is 279 g/mol. The molecule has 0 aliphatic carbocycles. The van der Waals surface area contributed by atoms with E-state index in [9.17, 15) is 0 Å². The number of rotatable bonds is 0. The van der Waals surface area contributed by atoms with Gasteiger partial charge in [0.15, 0.2) is 0 Å². The molecule has 6 heteroatoms. The van der Waals surface area contributed by atoms with Gasteiger partial charge in [-0.05, 0) is 0 Å². The molecule has 0 saturated carbocycles. The molecule has 120 valence electrons. The summed E-state index contributed by atoms with van der Waals surface area (Å²) in [6.45, 7) is 0. The van der Waals surface area contributed by atoms with Gasteiger partial charge in [-0.2, -0.15) is 0 Å². The van der Waals surface area contributed by atoms with Crippen molar-refractivity contribution >= 4 is 0 Å². The lowest BCUT2D eigenvalue weighted by atomic mass is 10.8. The fraction of sp³-hybridized carbons (Fsp3) is 1.00. The molecule has 0 bridgehead atoms. The fourth-order valence-corrected chi connectivity index (χ4v) is 0. The van der Waals surface area contributed by atoms with E-state index in [0.29, 0.717) is 0 Å². The summed E-state index contributed by atoms with van der Waals surface area (Å²) in [5, 5.41) is 0. The van der Waals surface area contributed by atoms with Crippen molar-refractivity contribution in [3.05, 3.63) is 0 Å². The first-order chi connectivity index (χ1) is 6.00. The van der Waals surface area contributed by atoms with Gasteiger partial charge in [-0.15, -0.1) is 0 Å². The van der Waals surface area contributed by atoms with E-state index in [1.54, 1.807) is 0 Å². The summed E-state index contributed by atoms with van der Waals surface area (Å²) in [6, 6.07) is 0. The first kappa shape index (κ1) is 36.1. The highest BCUT2D eigenvalue weighted by molar-refractivity contribution is 3.88. The molecule has 3 nitrogen and oxygen atoms in total. The molecule has 0 rings (SSSR count). The maximum absolute atomic E-state index is 2.12. The van der Waals surface area contributed by atoms with Gasteiger partial charge in [-0.1, -0.05) is 0 Å². The number of quaternary nitrogens is 3. The molecular weight excluding hydrogens is 243 g/mol. The van der Waals surface area contributed by atoms with Crippen LogP contribution < -0.4 is 14.1 Å². The third kappa shape index (κ3) is 31000. The van der Waals surface area contributed by atoms with E-state index in [2.05, 4.69) is 84.6 Å². The van der Waals surface area contributed by atoms with Crippen LogP contribution in [0.1, 0.15) is 0 Å². The third-order valence-corrected chi connectivity index (χ3v) is 0. The van der Waals surface area contributed by atoms with Crippen LogP contribution >= 0.6 is 0 Å². The van der Waals surface area contributed by atoms with E-state index in [-0.39, 0.29) is 14.1 Å². The van der Waals surface area contributed by atoms with E-state index in [1.807, 2.05) is 0 Å². The molecule has 0 unspecified atom stereocenters. The van der Waals surface area contributed by atoms with Crippen LogP contribution in [0.15, 0.2) is 0 Å². The van der Waals surface area contributed by atoms with Gasteiger partial charge in [-0.25, -0.2) is 0 Å². The minimum atomic E-state index is 0. The Kier molecular flexibility index (Phi) is 26.3. The molecule has 0 aliphatic heterocycles. The zero-order valence-corrected chi connectivity index (χ0v) is 14.5. The van der Waals surface area contributed by atoms with Crippen molar-refractivity contribution in [2.45, 2.75) is 0 Å². The Balaban J connectivity index is -0.0000000277. The van der Waals surface area contributed by atoms with Gasteiger partial charge < -0.3 is 27.6 Å². The van der Waals surface area contributed by atoms with Crippen LogP contribution in [0.4, 0.5) is 0 Å². The third-order valence-electron chi connectivity index (χ3n) is 0. The predicted octanol–water partition coefficient (Wildman–Crippen LogP) is -8.02. The number of nitrogens with zero attached hydrogens (tertiary/aromatic N) is 3. The summed E-state index contributed by atoms with van der Waals surface area (Å²) in [5.41, 5.74) is 0. The van der Waals surface area contributed by atoms with Gasteiger partial charge in [-0.3, -0.25) is 0 Å². The second kappa shape index (κ2) is 13.1. The average Bonchev–Trinajstić information content (AvgIpc) is 1.41. The van der Waals surface area contributed by atoms with Crippen LogP contribution in [0.3, 0.4) is 0 Å². The molecule has 18 heavy (non-hydrogen) atoms. The van der Waals surface area contributed by atoms with Gasteiger partial charge in [0.25, 0.3) is 0 Å². The van der Waals surface area contributed by atoms with Gasteiger partial charge in [0.05, 0.1) is 84.6 Å². The van der Waals surface area contributed by atoms with E-state index < -0.39 is 0 Å². The lowest BCUT2D eigenvalue weighted by molar-refractivity contribution is -0.849. The Morgan fingerprint density at radius 2 is 0.278 bits per heavy atom. The molecule has 0 aromatic heterocycles. The second-order valence-corrected chi connectivity index (χ2v) is 8.05. The van der Waals surface area contributed by atoms with Crippen LogP contribution in [0.2, 0.25) is 0 Å². The zero-order chi connectivity index (χ0) is 13.5. The van der Waals surface area contributed by atoms with E-state index in [0.717, 1.165) is 13.4 Å². The Morgan fingerprint density at radius 1 is 0.278 bits per heavy atom. The highest BCUT2D eigenvalue weighted by atomic mass is 19.0. The van der Waals surface area contributed by atoms with Crippen LogP contribution in [-0.2, 0) is 0 Å². The lowest BCUT2D eigenvalue weighted by Crippen LogP contribution is -3.00. The number of hydrogen-bond acceptors (Lipinski definition) is 0. The summed E-state index contributed by atoms with van der Waals surface area (Å²) in [4.78, 5) is 0. The molecule has 0 aliphatic rings. The number of hydrogen-bond donors (Lipinski definition) is 0. The first-order valence-corrected chi connectivity index (χ1v) is 5.37. The molecule has 0 spiro atoms. The molecule has 0 aromatic rings. The molecule has 0 radical (unpaired) electrons. The monoisotopic (exact) mass is 279 g/mol. The number of halogens is 3. The van der Waals surface area contributed by atoms with Crippen molar-refractivity contribution in [3.63, 3.8) is 0 Å². The van der Waals surface area contributed by atoms with E-state index in [1.165, 1.54) is 0 Å². The maximum Gasteiger partial charge on any atom is 0.0675 e. The van der Waals surface area contributed by atoms with Crippen LogP contribution in [0.25, 0.3) is 0 Å². The van der Waals surface area contributed by atoms with Crippen molar-refractivity contribution < 1.29 is 27.6 Å². The normalized spacial score (nSPS) is 10.0. The van der Waals surface area contributed by atoms with Gasteiger partial charge in [0, 0.05) is 0 Å². The van der Waals surface area contributed by atoms with E-state index in [4.69, 9.17) is 0 Å². The lowest BCUT2D eigenvalue weighted by Gasteiger charge is -2.14. The highest BCUT2D eigenvalue weighted by Gasteiger charge is 1.89. The molecule has 0 aromatic carbocycles. The summed E-state index contributed by atoms with van der Waals surface area (Å²) >= 11 is 0. The molecule has 0 saturated heterocycles. The Morgan fingerprint density at radius 3 is 0.278 bits per heavy atom. The zero-order valence-electron chi connectivity index (χ0n) is 14.5. The van der Waals surface area contributed by atoms with Crippen LogP contribution in [-0.4, -0.2) is 98.0 Å². The summed E-state index contributed by atoms with van der Waals surface area (Å²) < 4.78 is 3.00. The minimum absolute atomic E-state index is 0. The summed E-state index contributed by atoms with van der Waals surface area (Å²) in [6.07, 6.45) is 0. The van der Waals surface area contributed by atoms with Crippen LogP contribution in [0.5, 0.6) is 0 Å². The van der Waals surface area contributed by atoms with E-state index >= 15 is 0 Å². The van der Waals surface area contributed by atoms with Gasteiger partial charge >= 0.3 is 0 Å². The van der Waals surface area contributed by atoms with Crippen molar-refractivity contribution in [1.29, 1.82) is 0 Å². The second-order valence-electron chi connectivity index (χ2n) is 8.05. The van der Waals surface area contributed by atoms with Gasteiger partial charge in [0.1, 0.15) is 0 Å². The molecular formula is C12H36F3N3. The maximum atomic E-state index is 2.12. The molecule has 0 atom stereocenters. The summed E-state index contributed by atoms with van der Waals surface area (Å²) in [5.74, 6) is 0. The molecule has 0 heterocycles. The molecule has 0 amide bonds. The van der Waals surface area contributed by atoms with Crippen LogP contribution in [0, 0.1) is 0 Å². The minimum Gasteiger partial charge on any atom is -1.00 e. The van der Waals surface area contributed by atoms with Crippen molar-refractivity contribution in [3.8, 4) is 0 Å².